The van der Waals surface area contributed by atoms with Crippen molar-refractivity contribution in [3.63, 3.8) is 0 Å². The van der Waals surface area contributed by atoms with Gasteiger partial charge >= 0.3 is 0 Å². The fourth-order valence-electron chi connectivity index (χ4n) is 3.01. The van der Waals surface area contributed by atoms with Gasteiger partial charge in [0.05, 0.1) is 0 Å². The zero-order chi connectivity index (χ0) is 14.4. The molecule has 2 heterocycles. The van der Waals surface area contributed by atoms with Crippen LogP contribution in [0.3, 0.4) is 0 Å². The molecule has 21 heavy (non-hydrogen) atoms. The van der Waals surface area contributed by atoms with Crippen LogP contribution in [0.15, 0.2) is 24.3 Å². The Morgan fingerprint density at radius 3 is 3.00 bits per heavy atom. The van der Waals surface area contributed by atoms with Gasteiger partial charge in [-0.25, -0.2) is 4.68 Å². The number of benzene rings is 1. The van der Waals surface area contributed by atoms with Gasteiger partial charge < -0.3 is 0 Å². The second-order valence-electron chi connectivity index (χ2n) is 5.52. The first-order chi connectivity index (χ1) is 10.3. The van der Waals surface area contributed by atoms with Crippen molar-refractivity contribution >= 4 is 23.5 Å². The van der Waals surface area contributed by atoms with Crippen LogP contribution in [-0.4, -0.2) is 32.7 Å². The minimum absolute atomic E-state index is 0.00634. The van der Waals surface area contributed by atoms with Crippen LogP contribution < -0.4 is 4.90 Å². The number of amides is 1. The Morgan fingerprint density at radius 1 is 1.29 bits per heavy atom. The van der Waals surface area contributed by atoms with Crippen LogP contribution in [0.4, 0.5) is 5.95 Å². The number of tetrazole rings is 1. The zero-order valence-corrected chi connectivity index (χ0v) is 12.1. The van der Waals surface area contributed by atoms with Crippen LogP contribution in [0, 0.1) is 5.92 Å². The van der Waals surface area contributed by atoms with Crippen molar-refractivity contribution in [2.45, 2.75) is 25.3 Å². The van der Waals surface area contributed by atoms with E-state index in [-0.39, 0.29) is 17.7 Å². The monoisotopic (exact) mass is 303 g/mol. The Bertz CT molecular complexity index is 700. The fraction of sp³-hybridized carbons (Fsp3) is 0.429. The minimum Gasteiger partial charge on any atom is -0.279 e. The molecule has 0 spiro atoms. The summed E-state index contributed by atoms with van der Waals surface area (Å²) in [5.74, 6) is 0.886. The van der Waals surface area contributed by atoms with Gasteiger partial charge in [0.2, 0.25) is 5.91 Å². The van der Waals surface area contributed by atoms with Gasteiger partial charge in [-0.05, 0) is 40.8 Å². The van der Waals surface area contributed by atoms with Crippen LogP contribution in [0.1, 0.15) is 24.3 Å². The molecule has 1 fully saturated rings. The number of rotatable bonds is 2. The van der Waals surface area contributed by atoms with Gasteiger partial charge in [0.1, 0.15) is 0 Å². The Kier molecular flexibility index (Phi) is 2.92. The predicted octanol–water partition coefficient (Wildman–Crippen LogP) is 1.87. The van der Waals surface area contributed by atoms with Crippen LogP contribution in [0.5, 0.6) is 0 Å². The topological polar surface area (TPSA) is 63.9 Å². The van der Waals surface area contributed by atoms with E-state index in [1.807, 2.05) is 24.3 Å². The molecule has 1 aromatic heterocycles. The normalized spacial score (nSPS) is 23.8. The fourth-order valence-corrected chi connectivity index (χ4v) is 3.29. The Morgan fingerprint density at radius 2 is 2.14 bits per heavy atom. The SMILES string of the molecule is O=C([C@H]1C[C@@H]1c1ccccc1Cl)N1CCCn2nnnc21. The van der Waals surface area contributed by atoms with E-state index in [0.717, 1.165) is 30.0 Å². The Hall–Kier alpha value is -1.95. The molecule has 1 saturated carbocycles. The van der Waals surface area contributed by atoms with E-state index >= 15 is 0 Å². The van der Waals surface area contributed by atoms with Crippen molar-refractivity contribution in [3.05, 3.63) is 34.9 Å². The van der Waals surface area contributed by atoms with Crippen LogP contribution in [0.25, 0.3) is 0 Å². The lowest BCUT2D eigenvalue weighted by Gasteiger charge is -2.25. The third-order valence-corrected chi connectivity index (χ3v) is 4.53. The van der Waals surface area contributed by atoms with E-state index in [1.54, 1.807) is 9.58 Å². The Labute approximate surface area is 126 Å². The molecule has 2 atom stereocenters. The molecule has 1 aliphatic carbocycles. The van der Waals surface area contributed by atoms with E-state index in [0.29, 0.717) is 12.5 Å². The van der Waals surface area contributed by atoms with E-state index in [4.69, 9.17) is 11.6 Å². The van der Waals surface area contributed by atoms with Crippen molar-refractivity contribution in [1.29, 1.82) is 0 Å². The highest BCUT2D eigenvalue weighted by Crippen LogP contribution is 2.50. The molecule has 0 saturated heterocycles. The first kappa shape index (κ1) is 12.8. The van der Waals surface area contributed by atoms with Crippen molar-refractivity contribution < 1.29 is 4.79 Å². The van der Waals surface area contributed by atoms with Gasteiger partial charge in [-0.3, -0.25) is 9.69 Å². The predicted molar refractivity (Wildman–Crippen MR) is 77.1 cm³/mol. The van der Waals surface area contributed by atoms with Crippen LogP contribution in [-0.2, 0) is 11.3 Å². The lowest BCUT2D eigenvalue weighted by Crippen LogP contribution is -2.39. The lowest BCUT2D eigenvalue weighted by atomic mass is 10.1. The van der Waals surface area contributed by atoms with E-state index < -0.39 is 0 Å². The molecule has 0 unspecified atom stereocenters. The second kappa shape index (κ2) is 4.80. The molecule has 108 valence electrons. The number of aryl methyl sites for hydroxylation is 1. The molecule has 0 bridgehead atoms. The summed E-state index contributed by atoms with van der Waals surface area (Å²) in [4.78, 5) is 14.4. The maximum atomic E-state index is 12.7. The molecular weight excluding hydrogens is 290 g/mol. The summed E-state index contributed by atoms with van der Waals surface area (Å²) >= 11 is 6.22. The van der Waals surface area contributed by atoms with E-state index in [1.165, 1.54) is 0 Å². The first-order valence-electron chi connectivity index (χ1n) is 7.07. The average Bonchev–Trinajstić information content (AvgIpc) is 3.14. The lowest BCUT2D eigenvalue weighted by molar-refractivity contribution is -0.120. The molecule has 0 radical (unpaired) electrons. The summed E-state index contributed by atoms with van der Waals surface area (Å²) < 4.78 is 1.69. The molecule has 4 rings (SSSR count). The number of aromatic nitrogens is 4. The first-order valence-corrected chi connectivity index (χ1v) is 7.45. The number of nitrogens with zero attached hydrogens (tertiary/aromatic N) is 5. The molecule has 0 N–H and O–H groups in total. The number of anilines is 1. The zero-order valence-electron chi connectivity index (χ0n) is 11.3. The third-order valence-electron chi connectivity index (χ3n) is 4.18. The number of halogens is 1. The summed E-state index contributed by atoms with van der Waals surface area (Å²) in [6.45, 7) is 1.45. The van der Waals surface area contributed by atoms with Crippen LogP contribution in [0.2, 0.25) is 5.02 Å². The molecule has 2 aromatic rings. The second-order valence-corrected chi connectivity index (χ2v) is 5.92. The van der Waals surface area contributed by atoms with Crippen molar-refractivity contribution in [2.24, 2.45) is 5.92 Å². The molecule has 6 nitrogen and oxygen atoms in total. The third kappa shape index (κ3) is 2.10. The standard InChI is InChI=1S/C14H14ClN5O/c15-12-5-2-1-4-9(12)10-8-11(10)13(21)19-6-3-7-20-14(19)16-17-18-20/h1-2,4-5,10-11H,3,6-8H2/t10-,11+/m1/s1. The number of hydrogen-bond donors (Lipinski definition) is 0. The van der Waals surface area contributed by atoms with Gasteiger partial charge in [-0.1, -0.05) is 34.9 Å². The van der Waals surface area contributed by atoms with Gasteiger partial charge in [-0.2, -0.15) is 0 Å². The maximum absolute atomic E-state index is 12.7. The maximum Gasteiger partial charge on any atom is 0.252 e. The molecule has 2 aliphatic rings. The summed E-state index contributed by atoms with van der Waals surface area (Å²) in [6, 6.07) is 7.74. The summed E-state index contributed by atoms with van der Waals surface area (Å²) in [5.41, 5.74) is 1.06. The van der Waals surface area contributed by atoms with Gasteiger partial charge in [-0.15, -0.1) is 0 Å². The van der Waals surface area contributed by atoms with Gasteiger partial charge in [0.15, 0.2) is 0 Å². The number of carbonyl (C=O) groups is 1. The molecule has 1 aromatic carbocycles. The van der Waals surface area contributed by atoms with Crippen molar-refractivity contribution in [2.75, 3.05) is 11.4 Å². The molecule has 7 heteroatoms. The molecular formula is C14H14ClN5O. The summed E-state index contributed by atoms with van der Waals surface area (Å²) in [5, 5.41) is 12.3. The number of carbonyl (C=O) groups excluding carboxylic acids is 1. The van der Waals surface area contributed by atoms with Gasteiger partial charge in [0.25, 0.3) is 5.95 Å². The highest BCUT2D eigenvalue weighted by Gasteiger charge is 2.47. The van der Waals surface area contributed by atoms with E-state index in [9.17, 15) is 4.79 Å². The molecule has 1 aliphatic heterocycles. The van der Waals surface area contributed by atoms with Gasteiger partial charge in [0, 0.05) is 24.0 Å². The van der Waals surface area contributed by atoms with Crippen molar-refractivity contribution in [3.8, 4) is 0 Å². The smallest absolute Gasteiger partial charge is 0.252 e. The van der Waals surface area contributed by atoms with Crippen LogP contribution >= 0.6 is 11.6 Å². The quantitative estimate of drug-likeness (QED) is 0.849. The number of hydrogen-bond acceptors (Lipinski definition) is 4. The highest BCUT2D eigenvalue weighted by molar-refractivity contribution is 6.31. The highest BCUT2D eigenvalue weighted by atomic mass is 35.5. The van der Waals surface area contributed by atoms with E-state index in [2.05, 4.69) is 15.5 Å². The number of fused-ring (bicyclic) bond motifs is 1. The van der Waals surface area contributed by atoms with Crippen molar-refractivity contribution in [1.82, 2.24) is 20.2 Å². The largest absolute Gasteiger partial charge is 0.279 e. The summed E-state index contributed by atoms with van der Waals surface area (Å²) in [6.07, 6.45) is 1.73. The average molecular weight is 304 g/mol. The Balaban J connectivity index is 1.55. The minimum atomic E-state index is -0.00634. The molecule has 1 amide bonds. The summed E-state index contributed by atoms with van der Waals surface area (Å²) in [7, 11) is 0.